The van der Waals surface area contributed by atoms with Crippen LogP contribution in [-0.2, 0) is 14.3 Å². The average molecular weight is 294 g/mol. The van der Waals surface area contributed by atoms with Gasteiger partial charge >= 0.3 is 0 Å². The van der Waals surface area contributed by atoms with Crippen LogP contribution in [0.4, 0.5) is 0 Å². The van der Waals surface area contributed by atoms with E-state index in [1.54, 1.807) is 0 Å². The van der Waals surface area contributed by atoms with Gasteiger partial charge in [0, 0.05) is 18.6 Å². The standard InChI is InChI=1S/C16H26N2O3/c1-4-13-14(19)17-16(3,12-5-6-12)15(20)18(13)10(2)11-7-8-21-9-11/h10-13H,4-9H2,1-3H3,(H,17,19). The molecule has 3 aliphatic rings. The summed E-state index contributed by atoms with van der Waals surface area (Å²) in [5, 5.41) is 3.02. The first-order valence-corrected chi connectivity index (χ1v) is 8.21. The Morgan fingerprint density at radius 1 is 1.38 bits per heavy atom. The van der Waals surface area contributed by atoms with Crippen molar-refractivity contribution >= 4 is 11.8 Å². The van der Waals surface area contributed by atoms with Crippen molar-refractivity contribution in [3.63, 3.8) is 0 Å². The number of amides is 2. The Hall–Kier alpha value is -1.10. The maximum absolute atomic E-state index is 13.1. The van der Waals surface area contributed by atoms with E-state index < -0.39 is 5.54 Å². The second-order valence-electron chi connectivity index (χ2n) is 6.97. The molecule has 0 aromatic heterocycles. The van der Waals surface area contributed by atoms with Crippen molar-refractivity contribution in [2.45, 2.75) is 64.1 Å². The second-order valence-corrected chi connectivity index (χ2v) is 6.97. The van der Waals surface area contributed by atoms with Gasteiger partial charge in [-0.2, -0.15) is 0 Å². The Morgan fingerprint density at radius 3 is 2.62 bits per heavy atom. The molecule has 3 fully saturated rings. The summed E-state index contributed by atoms with van der Waals surface area (Å²) in [4.78, 5) is 27.5. The fourth-order valence-corrected chi connectivity index (χ4v) is 3.88. The highest BCUT2D eigenvalue weighted by atomic mass is 16.5. The summed E-state index contributed by atoms with van der Waals surface area (Å²) in [6, 6.07) is -0.269. The first-order chi connectivity index (χ1) is 9.99. The highest BCUT2D eigenvalue weighted by molar-refractivity contribution is 6.00. The van der Waals surface area contributed by atoms with Gasteiger partial charge in [0.25, 0.3) is 0 Å². The van der Waals surface area contributed by atoms with Gasteiger partial charge in [-0.15, -0.1) is 0 Å². The fourth-order valence-electron chi connectivity index (χ4n) is 3.88. The predicted molar refractivity (Wildman–Crippen MR) is 78.6 cm³/mol. The highest BCUT2D eigenvalue weighted by Gasteiger charge is 2.56. The Labute approximate surface area is 126 Å². The number of ether oxygens (including phenoxy) is 1. The van der Waals surface area contributed by atoms with Crippen LogP contribution in [-0.4, -0.2) is 47.6 Å². The molecule has 3 rings (SSSR count). The van der Waals surface area contributed by atoms with Gasteiger partial charge in [-0.25, -0.2) is 0 Å². The van der Waals surface area contributed by atoms with Crippen LogP contribution in [0.5, 0.6) is 0 Å². The van der Waals surface area contributed by atoms with Crippen molar-refractivity contribution in [2.75, 3.05) is 13.2 Å². The number of carbonyl (C=O) groups excluding carboxylic acids is 2. The van der Waals surface area contributed by atoms with E-state index in [1.807, 2.05) is 18.7 Å². The molecule has 118 valence electrons. The Balaban J connectivity index is 1.88. The van der Waals surface area contributed by atoms with E-state index in [1.165, 1.54) is 0 Å². The van der Waals surface area contributed by atoms with E-state index in [9.17, 15) is 9.59 Å². The summed E-state index contributed by atoms with van der Waals surface area (Å²) < 4.78 is 5.47. The third-order valence-electron chi connectivity index (χ3n) is 5.57. The van der Waals surface area contributed by atoms with Gasteiger partial charge in [0.2, 0.25) is 11.8 Å². The largest absolute Gasteiger partial charge is 0.381 e. The predicted octanol–water partition coefficient (Wildman–Crippen LogP) is 1.32. The molecule has 0 aromatic carbocycles. The Bertz CT molecular complexity index is 443. The zero-order chi connectivity index (χ0) is 15.2. The molecule has 0 spiro atoms. The van der Waals surface area contributed by atoms with Crippen molar-refractivity contribution in [1.82, 2.24) is 10.2 Å². The van der Waals surface area contributed by atoms with Crippen molar-refractivity contribution in [3.05, 3.63) is 0 Å². The lowest BCUT2D eigenvalue weighted by atomic mass is 9.86. The normalized spacial score (nSPS) is 38.5. The minimum absolute atomic E-state index is 0.0114. The number of piperazine rings is 1. The number of carbonyl (C=O) groups is 2. The van der Waals surface area contributed by atoms with Gasteiger partial charge in [0.05, 0.1) is 6.61 Å². The van der Waals surface area contributed by atoms with Crippen LogP contribution < -0.4 is 5.32 Å². The number of hydrogen-bond donors (Lipinski definition) is 1. The van der Waals surface area contributed by atoms with Gasteiger partial charge in [0.15, 0.2) is 0 Å². The van der Waals surface area contributed by atoms with Crippen LogP contribution in [0.3, 0.4) is 0 Å². The van der Waals surface area contributed by atoms with Crippen LogP contribution in [0.2, 0.25) is 0 Å². The van der Waals surface area contributed by atoms with Gasteiger partial charge in [-0.05, 0) is 45.4 Å². The lowest BCUT2D eigenvalue weighted by molar-refractivity contribution is -0.159. The topological polar surface area (TPSA) is 58.6 Å². The summed E-state index contributed by atoms with van der Waals surface area (Å²) in [6.45, 7) is 7.42. The highest BCUT2D eigenvalue weighted by Crippen LogP contribution is 2.43. The van der Waals surface area contributed by atoms with E-state index in [4.69, 9.17) is 4.74 Å². The zero-order valence-electron chi connectivity index (χ0n) is 13.2. The minimum Gasteiger partial charge on any atom is -0.381 e. The molecule has 4 unspecified atom stereocenters. The van der Waals surface area contributed by atoms with Gasteiger partial charge in [-0.1, -0.05) is 6.92 Å². The Morgan fingerprint density at radius 2 is 2.10 bits per heavy atom. The molecule has 1 N–H and O–H groups in total. The molecular formula is C16H26N2O3. The van der Waals surface area contributed by atoms with Crippen molar-refractivity contribution in [1.29, 1.82) is 0 Å². The molecule has 0 radical (unpaired) electrons. The monoisotopic (exact) mass is 294 g/mol. The summed E-state index contributed by atoms with van der Waals surface area (Å²) >= 11 is 0. The quantitative estimate of drug-likeness (QED) is 0.850. The molecular weight excluding hydrogens is 268 g/mol. The third-order valence-corrected chi connectivity index (χ3v) is 5.57. The lowest BCUT2D eigenvalue weighted by Crippen LogP contribution is -2.72. The van der Waals surface area contributed by atoms with Crippen LogP contribution in [0, 0.1) is 11.8 Å². The van der Waals surface area contributed by atoms with Crippen LogP contribution >= 0.6 is 0 Å². The molecule has 5 heteroatoms. The maximum atomic E-state index is 13.1. The third kappa shape index (κ3) is 2.35. The molecule has 1 aliphatic carbocycles. The van der Waals surface area contributed by atoms with Crippen molar-refractivity contribution < 1.29 is 14.3 Å². The van der Waals surface area contributed by atoms with Gasteiger partial charge in [0.1, 0.15) is 11.6 Å². The molecule has 4 atom stereocenters. The summed E-state index contributed by atoms with van der Waals surface area (Å²) in [5.74, 6) is 0.770. The van der Waals surface area contributed by atoms with E-state index in [-0.39, 0.29) is 23.9 Å². The summed E-state index contributed by atoms with van der Waals surface area (Å²) in [6.07, 6.45) is 3.71. The molecule has 0 bridgehead atoms. The van der Waals surface area contributed by atoms with Crippen molar-refractivity contribution in [3.8, 4) is 0 Å². The molecule has 21 heavy (non-hydrogen) atoms. The zero-order valence-corrected chi connectivity index (χ0v) is 13.2. The van der Waals surface area contributed by atoms with Crippen LogP contribution in [0.25, 0.3) is 0 Å². The summed E-state index contributed by atoms with van der Waals surface area (Å²) in [7, 11) is 0. The molecule has 1 saturated carbocycles. The number of nitrogens with one attached hydrogen (secondary N) is 1. The average Bonchev–Trinajstić information content (AvgIpc) is 3.18. The lowest BCUT2D eigenvalue weighted by Gasteiger charge is -2.48. The van der Waals surface area contributed by atoms with Gasteiger partial charge in [-0.3, -0.25) is 9.59 Å². The first kappa shape index (κ1) is 14.8. The summed E-state index contributed by atoms with van der Waals surface area (Å²) in [5.41, 5.74) is -0.698. The fraction of sp³-hybridized carbons (Fsp3) is 0.875. The van der Waals surface area contributed by atoms with Crippen molar-refractivity contribution in [2.24, 2.45) is 11.8 Å². The molecule has 0 aromatic rings. The molecule has 5 nitrogen and oxygen atoms in total. The minimum atomic E-state index is -0.698. The molecule has 2 heterocycles. The maximum Gasteiger partial charge on any atom is 0.249 e. The smallest absolute Gasteiger partial charge is 0.249 e. The molecule has 2 aliphatic heterocycles. The van der Waals surface area contributed by atoms with E-state index in [2.05, 4.69) is 12.2 Å². The van der Waals surface area contributed by atoms with Crippen LogP contribution in [0.15, 0.2) is 0 Å². The first-order valence-electron chi connectivity index (χ1n) is 8.21. The van der Waals surface area contributed by atoms with Crippen LogP contribution in [0.1, 0.15) is 46.5 Å². The SMILES string of the molecule is CCC1C(=O)NC(C)(C2CC2)C(=O)N1C(C)C1CCOC1. The van der Waals surface area contributed by atoms with E-state index >= 15 is 0 Å². The van der Waals surface area contributed by atoms with E-state index in [0.717, 1.165) is 25.9 Å². The van der Waals surface area contributed by atoms with E-state index in [0.29, 0.717) is 24.9 Å². The number of nitrogens with zero attached hydrogens (tertiary/aromatic N) is 1. The number of rotatable bonds is 4. The number of hydrogen-bond acceptors (Lipinski definition) is 3. The van der Waals surface area contributed by atoms with Gasteiger partial charge < -0.3 is 15.0 Å². The molecule has 2 saturated heterocycles. The second kappa shape index (κ2) is 5.27. The Kier molecular flexibility index (Phi) is 3.72. The molecule has 2 amide bonds.